The number of carbonyl (C=O) groups is 4. The third kappa shape index (κ3) is 8.97. The summed E-state index contributed by atoms with van der Waals surface area (Å²) in [6.45, 7) is 2.64. The van der Waals surface area contributed by atoms with Gasteiger partial charge in [0, 0.05) is 20.8 Å². The number of hydrogen-bond acceptors (Lipinski definition) is 13. The summed E-state index contributed by atoms with van der Waals surface area (Å²) < 4.78 is 57.5. The van der Waals surface area contributed by atoms with Crippen molar-refractivity contribution in [1.29, 1.82) is 0 Å². The number of ether oxygens (including phenoxy) is 5. The molecule has 0 spiro atoms. The number of para-hydroxylation sites is 2. The molecular weight excluding hydrogens is 553 g/mol. The van der Waals surface area contributed by atoms with Gasteiger partial charge in [0.1, 0.15) is 24.2 Å². The first kappa shape index (κ1) is 30.4. The minimum atomic E-state index is -4.68. The summed E-state index contributed by atoms with van der Waals surface area (Å²) in [5, 5.41) is 0. The average Bonchev–Trinajstić information content (AvgIpc) is 2.86. The second-order valence-electron chi connectivity index (χ2n) is 8.26. The second kappa shape index (κ2) is 13.8. The molecule has 2 aromatic carbocycles. The Hall–Kier alpha value is -4.13. The van der Waals surface area contributed by atoms with E-state index < -0.39 is 69.1 Å². The third-order valence-corrected chi connectivity index (χ3v) is 6.39. The SMILES string of the molecule is CC(=O)OC[C@H]1O[C@@H](OP(=O)(Oc2ccccc2)Oc2ccccc2)[C@@H](OC(C)=O)[C@@H](OC(C)=O)[C@@H]1OC(N)=O. The predicted octanol–water partition coefficient (Wildman–Crippen LogP) is 2.88. The Balaban J connectivity index is 2.05. The molecule has 216 valence electrons. The normalized spacial score (nSPS) is 22.3. The Morgan fingerprint density at radius 2 is 1.25 bits per heavy atom. The number of rotatable bonds is 11. The van der Waals surface area contributed by atoms with E-state index in [4.69, 9.17) is 43.0 Å². The first-order valence-electron chi connectivity index (χ1n) is 11.8. The van der Waals surface area contributed by atoms with Crippen LogP contribution in [0, 0.1) is 0 Å². The quantitative estimate of drug-likeness (QED) is 0.232. The molecule has 1 fully saturated rings. The van der Waals surface area contributed by atoms with Crippen LogP contribution >= 0.6 is 7.82 Å². The second-order valence-corrected chi connectivity index (χ2v) is 9.73. The molecule has 5 atom stereocenters. The van der Waals surface area contributed by atoms with E-state index in [1.54, 1.807) is 36.4 Å². The predicted molar refractivity (Wildman–Crippen MR) is 134 cm³/mol. The van der Waals surface area contributed by atoms with Crippen molar-refractivity contribution >= 4 is 31.8 Å². The van der Waals surface area contributed by atoms with Crippen molar-refractivity contribution in [1.82, 2.24) is 0 Å². The molecule has 1 aliphatic rings. The van der Waals surface area contributed by atoms with Gasteiger partial charge in [-0.05, 0) is 24.3 Å². The standard InChI is InChI=1S/C25H28NO13P/c1-15(27)32-14-20-21(36-25(26)30)22(33-16(2)28)23(34-17(3)29)24(35-20)39-40(31,37-18-10-6-4-7-11-18)38-19-12-8-5-9-13-19/h4-13,20-24H,14H2,1-3H3,(H2,26,30)/t20-,21-,22+,23+,24+/m1/s1. The summed E-state index contributed by atoms with van der Waals surface area (Å²) in [5.74, 6) is -2.32. The maximum Gasteiger partial charge on any atom is 0.590 e. The fraction of sp³-hybridized carbons (Fsp3) is 0.360. The van der Waals surface area contributed by atoms with Gasteiger partial charge in [0.15, 0.2) is 18.3 Å². The summed E-state index contributed by atoms with van der Waals surface area (Å²) in [6, 6.07) is 15.8. The number of nitrogens with two attached hydrogens (primary N) is 1. The molecule has 1 amide bonds. The van der Waals surface area contributed by atoms with Crippen LogP contribution in [0.15, 0.2) is 60.7 Å². The fourth-order valence-corrected chi connectivity index (χ4v) is 4.93. The van der Waals surface area contributed by atoms with Crippen LogP contribution in [-0.2, 0) is 47.2 Å². The van der Waals surface area contributed by atoms with Crippen molar-refractivity contribution in [3.8, 4) is 11.5 Å². The molecule has 2 aromatic rings. The van der Waals surface area contributed by atoms with Crippen molar-refractivity contribution in [3.05, 3.63) is 60.7 Å². The van der Waals surface area contributed by atoms with E-state index in [2.05, 4.69) is 0 Å². The van der Waals surface area contributed by atoms with E-state index in [0.29, 0.717) is 0 Å². The van der Waals surface area contributed by atoms with Gasteiger partial charge in [0.05, 0.1) is 0 Å². The summed E-state index contributed by atoms with van der Waals surface area (Å²) in [5.41, 5.74) is 5.20. The lowest BCUT2D eigenvalue weighted by molar-refractivity contribution is -0.287. The number of phosphoric ester groups is 1. The van der Waals surface area contributed by atoms with Gasteiger partial charge in [-0.2, -0.15) is 0 Å². The summed E-state index contributed by atoms with van der Waals surface area (Å²) in [6.07, 6.45) is -9.39. The first-order chi connectivity index (χ1) is 19.0. The van der Waals surface area contributed by atoms with E-state index in [9.17, 15) is 23.7 Å². The fourth-order valence-electron chi connectivity index (χ4n) is 3.63. The van der Waals surface area contributed by atoms with Gasteiger partial charge < -0.3 is 38.5 Å². The molecule has 0 aromatic heterocycles. The monoisotopic (exact) mass is 581 g/mol. The largest absolute Gasteiger partial charge is 0.590 e. The number of amides is 1. The zero-order chi connectivity index (χ0) is 29.3. The molecule has 3 rings (SSSR count). The number of esters is 3. The molecule has 1 saturated heterocycles. The van der Waals surface area contributed by atoms with Crippen LogP contribution in [0.1, 0.15) is 20.8 Å². The van der Waals surface area contributed by atoms with Gasteiger partial charge in [-0.15, -0.1) is 0 Å². The number of hydrogen-bond donors (Lipinski definition) is 1. The molecule has 2 N–H and O–H groups in total. The molecule has 0 aliphatic carbocycles. The highest BCUT2D eigenvalue weighted by Crippen LogP contribution is 2.52. The molecule has 15 heteroatoms. The molecule has 1 aliphatic heterocycles. The van der Waals surface area contributed by atoms with E-state index in [1.165, 1.54) is 24.3 Å². The Morgan fingerprint density at radius 3 is 1.70 bits per heavy atom. The molecule has 0 bridgehead atoms. The molecular formula is C25H28NO13P. The Kier molecular flexibility index (Phi) is 10.5. The lowest BCUT2D eigenvalue weighted by Gasteiger charge is -2.43. The molecule has 1 heterocycles. The summed E-state index contributed by atoms with van der Waals surface area (Å²) >= 11 is 0. The van der Waals surface area contributed by atoms with Crippen molar-refractivity contribution in [2.75, 3.05) is 6.61 Å². The van der Waals surface area contributed by atoms with Gasteiger partial charge in [-0.3, -0.25) is 14.4 Å². The number of phosphoric acid groups is 1. The minimum Gasteiger partial charge on any atom is -0.463 e. The molecule has 0 unspecified atom stereocenters. The zero-order valence-electron chi connectivity index (χ0n) is 21.7. The summed E-state index contributed by atoms with van der Waals surface area (Å²) in [4.78, 5) is 47.3. The maximum atomic E-state index is 14.0. The van der Waals surface area contributed by atoms with Crippen LogP contribution in [0.3, 0.4) is 0 Å². The third-order valence-electron chi connectivity index (χ3n) is 5.05. The first-order valence-corrected chi connectivity index (χ1v) is 13.3. The number of primary amides is 1. The van der Waals surface area contributed by atoms with Crippen LogP contribution in [-0.4, -0.2) is 61.3 Å². The lowest BCUT2D eigenvalue weighted by Crippen LogP contribution is -2.63. The van der Waals surface area contributed by atoms with Gasteiger partial charge in [-0.25, -0.2) is 13.9 Å². The van der Waals surface area contributed by atoms with Crippen LogP contribution in [0.4, 0.5) is 4.79 Å². The maximum absolute atomic E-state index is 14.0. The highest BCUT2D eigenvalue weighted by Gasteiger charge is 2.55. The highest BCUT2D eigenvalue weighted by molar-refractivity contribution is 7.49. The number of carbonyl (C=O) groups excluding carboxylic acids is 4. The van der Waals surface area contributed by atoms with Crippen LogP contribution in [0.25, 0.3) is 0 Å². The molecule has 14 nitrogen and oxygen atoms in total. The van der Waals surface area contributed by atoms with E-state index in [0.717, 1.165) is 20.8 Å². The van der Waals surface area contributed by atoms with Crippen molar-refractivity contribution in [3.63, 3.8) is 0 Å². The van der Waals surface area contributed by atoms with Gasteiger partial charge in [-0.1, -0.05) is 36.4 Å². The van der Waals surface area contributed by atoms with Gasteiger partial charge in [0.25, 0.3) is 0 Å². The number of benzene rings is 2. The Bertz CT molecular complexity index is 1180. The van der Waals surface area contributed by atoms with Gasteiger partial charge >= 0.3 is 31.8 Å². The highest BCUT2D eigenvalue weighted by atomic mass is 31.2. The Labute approximate surface area is 229 Å². The van der Waals surface area contributed by atoms with E-state index in [1.807, 2.05) is 0 Å². The summed E-state index contributed by atoms with van der Waals surface area (Å²) in [7, 11) is -4.68. The molecule has 40 heavy (non-hydrogen) atoms. The average molecular weight is 581 g/mol. The lowest BCUT2D eigenvalue weighted by atomic mass is 9.98. The minimum absolute atomic E-state index is 0.0875. The van der Waals surface area contributed by atoms with Crippen LogP contribution in [0.5, 0.6) is 11.5 Å². The smallest absolute Gasteiger partial charge is 0.463 e. The zero-order valence-corrected chi connectivity index (χ0v) is 22.6. The van der Waals surface area contributed by atoms with Crippen molar-refractivity contribution in [2.24, 2.45) is 5.73 Å². The van der Waals surface area contributed by atoms with E-state index >= 15 is 0 Å². The van der Waals surface area contributed by atoms with Crippen LogP contribution in [0.2, 0.25) is 0 Å². The van der Waals surface area contributed by atoms with Crippen LogP contribution < -0.4 is 14.8 Å². The van der Waals surface area contributed by atoms with Crippen molar-refractivity contribution in [2.45, 2.75) is 51.5 Å². The van der Waals surface area contributed by atoms with Crippen molar-refractivity contribution < 1.29 is 61.0 Å². The van der Waals surface area contributed by atoms with E-state index in [-0.39, 0.29) is 11.5 Å². The Morgan fingerprint density at radius 1 is 0.750 bits per heavy atom. The molecule has 0 radical (unpaired) electrons. The molecule has 0 saturated carbocycles. The topological polar surface area (TPSA) is 185 Å². The van der Waals surface area contributed by atoms with Gasteiger partial charge in [0.2, 0.25) is 6.29 Å².